The van der Waals surface area contributed by atoms with Gasteiger partial charge in [0, 0.05) is 19.0 Å². The van der Waals surface area contributed by atoms with Gasteiger partial charge in [-0.2, -0.15) is 5.26 Å². The molecule has 0 unspecified atom stereocenters. The summed E-state index contributed by atoms with van der Waals surface area (Å²) >= 11 is 0. The quantitative estimate of drug-likeness (QED) is 0.737. The minimum absolute atomic E-state index is 0.116. The van der Waals surface area contributed by atoms with Crippen molar-refractivity contribution in [2.24, 2.45) is 0 Å². The molecule has 5 heteroatoms. The van der Waals surface area contributed by atoms with Gasteiger partial charge in [0.1, 0.15) is 0 Å². The predicted molar refractivity (Wildman–Crippen MR) is 97.3 cm³/mol. The number of pyridine rings is 1. The van der Waals surface area contributed by atoms with Crippen LogP contribution in [0, 0.1) is 11.3 Å². The van der Waals surface area contributed by atoms with E-state index < -0.39 is 0 Å². The van der Waals surface area contributed by atoms with Crippen molar-refractivity contribution in [1.29, 1.82) is 5.26 Å². The molecular weight excluding hydrogens is 314 g/mol. The van der Waals surface area contributed by atoms with E-state index in [9.17, 15) is 4.79 Å². The number of aromatic nitrogens is 1. The van der Waals surface area contributed by atoms with Gasteiger partial charge in [0.15, 0.2) is 11.6 Å². The lowest BCUT2D eigenvalue weighted by Crippen LogP contribution is -2.26. The number of nitrogens with one attached hydrogen (secondary N) is 1. The Morgan fingerprint density at radius 3 is 2.72 bits per heavy atom. The van der Waals surface area contributed by atoms with Gasteiger partial charge in [-0.15, -0.1) is 0 Å². The fourth-order valence-electron chi connectivity index (χ4n) is 2.50. The van der Waals surface area contributed by atoms with Gasteiger partial charge in [0.25, 0.3) is 0 Å². The molecule has 0 saturated carbocycles. The van der Waals surface area contributed by atoms with Crippen LogP contribution in [0.3, 0.4) is 0 Å². The molecule has 0 atom stereocenters. The average Bonchev–Trinajstić information content (AvgIpc) is 2.60. The summed E-state index contributed by atoms with van der Waals surface area (Å²) in [6.45, 7) is 4.50. The number of ether oxygens (including phenoxy) is 1. The lowest BCUT2D eigenvalue weighted by Gasteiger charge is -2.24. The summed E-state index contributed by atoms with van der Waals surface area (Å²) in [5.41, 5.74) is 0.827. The Hall–Kier alpha value is -2.87. The number of anilines is 1. The van der Waals surface area contributed by atoms with Crippen molar-refractivity contribution < 1.29 is 9.53 Å². The molecule has 0 radical (unpaired) electrons. The zero-order valence-electron chi connectivity index (χ0n) is 14.7. The number of rotatable bonds is 8. The van der Waals surface area contributed by atoms with Gasteiger partial charge >= 0.3 is 0 Å². The third kappa shape index (κ3) is 5.61. The Kier molecular flexibility index (Phi) is 6.53. The van der Waals surface area contributed by atoms with E-state index in [2.05, 4.69) is 16.4 Å². The molecular formula is C20H23N3O2. The molecule has 1 aromatic carbocycles. The van der Waals surface area contributed by atoms with Crippen LogP contribution in [-0.4, -0.2) is 17.5 Å². The smallest absolute Gasteiger partial charge is 0.226 e. The molecule has 1 amide bonds. The molecule has 2 aromatic rings. The van der Waals surface area contributed by atoms with Crippen molar-refractivity contribution in [2.45, 2.75) is 38.5 Å². The van der Waals surface area contributed by atoms with Crippen molar-refractivity contribution >= 4 is 11.7 Å². The second kappa shape index (κ2) is 8.84. The predicted octanol–water partition coefficient (Wildman–Crippen LogP) is 4.07. The highest BCUT2D eigenvalue weighted by Crippen LogP contribution is 2.28. The first kappa shape index (κ1) is 18.5. The van der Waals surface area contributed by atoms with Crippen LogP contribution in [0.1, 0.15) is 38.7 Å². The van der Waals surface area contributed by atoms with Crippen LogP contribution in [0.5, 0.6) is 5.75 Å². The first-order valence-corrected chi connectivity index (χ1v) is 8.33. The minimum atomic E-state index is -0.284. The number of carbonyl (C=O) groups excluding carboxylic acids is 1. The first-order chi connectivity index (χ1) is 12.0. The highest BCUT2D eigenvalue weighted by Gasteiger charge is 2.24. The van der Waals surface area contributed by atoms with Crippen molar-refractivity contribution in [3.05, 3.63) is 54.2 Å². The molecule has 0 aliphatic heterocycles. The Labute approximate surface area is 148 Å². The number of nitrogens with zero attached hydrogens (tertiary/aromatic N) is 2. The number of unbranched alkanes of at least 4 members (excludes halogenated alkanes) is 1. The second-order valence-electron chi connectivity index (χ2n) is 6.44. The van der Waals surface area contributed by atoms with E-state index in [1.807, 2.05) is 44.2 Å². The van der Waals surface area contributed by atoms with E-state index in [1.54, 1.807) is 18.3 Å². The second-order valence-corrected chi connectivity index (χ2v) is 6.44. The molecule has 0 aliphatic rings. The molecule has 0 aliphatic carbocycles. The van der Waals surface area contributed by atoms with E-state index >= 15 is 0 Å². The molecule has 0 saturated heterocycles. The normalized spacial score (nSPS) is 10.8. The van der Waals surface area contributed by atoms with E-state index in [1.165, 1.54) is 0 Å². The van der Waals surface area contributed by atoms with Crippen molar-refractivity contribution in [3.8, 4) is 11.8 Å². The third-order valence-electron chi connectivity index (χ3n) is 3.88. The van der Waals surface area contributed by atoms with Gasteiger partial charge in [-0.25, -0.2) is 4.98 Å². The molecule has 5 nitrogen and oxygen atoms in total. The fraction of sp³-hybridized carbons (Fsp3) is 0.350. The van der Waals surface area contributed by atoms with Crippen molar-refractivity contribution in [3.63, 3.8) is 0 Å². The van der Waals surface area contributed by atoms with Gasteiger partial charge in [-0.1, -0.05) is 44.2 Å². The van der Waals surface area contributed by atoms with Crippen LogP contribution in [0.4, 0.5) is 5.82 Å². The van der Waals surface area contributed by atoms with Crippen LogP contribution in [0.2, 0.25) is 0 Å². The number of amides is 1. The lowest BCUT2D eigenvalue weighted by molar-refractivity contribution is -0.117. The third-order valence-corrected chi connectivity index (χ3v) is 3.88. The molecule has 0 bridgehead atoms. The van der Waals surface area contributed by atoms with Crippen LogP contribution < -0.4 is 10.1 Å². The number of benzene rings is 1. The highest BCUT2D eigenvalue weighted by molar-refractivity contribution is 5.91. The van der Waals surface area contributed by atoms with Gasteiger partial charge in [-0.05, 0) is 29.5 Å². The fourth-order valence-corrected chi connectivity index (χ4v) is 2.50. The van der Waals surface area contributed by atoms with Gasteiger partial charge in [-0.3, -0.25) is 4.79 Å². The zero-order valence-corrected chi connectivity index (χ0v) is 14.7. The number of nitriles is 1. The van der Waals surface area contributed by atoms with E-state index in [0.29, 0.717) is 37.4 Å². The summed E-state index contributed by atoms with van der Waals surface area (Å²) in [7, 11) is 0. The average molecular weight is 337 g/mol. The number of hydrogen-bond acceptors (Lipinski definition) is 4. The van der Waals surface area contributed by atoms with Crippen LogP contribution in [0.15, 0.2) is 48.7 Å². The van der Waals surface area contributed by atoms with Crippen LogP contribution in [-0.2, 0) is 10.2 Å². The molecule has 130 valence electrons. The van der Waals surface area contributed by atoms with Crippen molar-refractivity contribution in [1.82, 2.24) is 4.98 Å². The standard InChI is InChI=1S/C20H23N3O2/c1-20(2,16-9-4-3-5-10-16)15-18(24)23-19-17(11-8-13-22-19)25-14-7-6-12-21/h3-5,8-11,13H,6-7,14-15H2,1-2H3,(H,22,23,24). The van der Waals surface area contributed by atoms with E-state index in [-0.39, 0.29) is 11.3 Å². The maximum atomic E-state index is 12.5. The first-order valence-electron chi connectivity index (χ1n) is 8.33. The number of hydrogen-bond donors (Lipinski definition) is 1. The maximum Gasteiger partial charge on any atom is 0.226 e. The molecule has 1 N–H and O–H groups in total. The number of carbonyl (C=O) groups is 1. The van der Waals surface area contributed by atoms with E-state index in [0.717, 1.165) is 5.56 Å². The van der Waals surface area contributed by atoms with Gasteiger partial charge in [0.05, 0.1) is 12.7 Å². The molecule has 1 heterocycles. The highest BCUT2D eigenvalue weighted by atomic mass is 16.5. The molecule has 0 spiro atoms. The summed E-state index contributed by atoms with van der Waals surface area (Å²) < 4.78 is 5.63. The summed E-state index contributed by atoms with van der Waals surface area (Å²) in [4.78, 5) is 16.7. The Morgan fingerprint density at radius 2 is 2.00 bits per heavy atom. The Morgan fingerprint density at radius 1 is 1.24 bits per heavy atom. The SMILES string of the molecule is CC(C)(CC(=O)Nc1ncccc1OCCCC#N)c1ccccc1. The summed E-state index contributed by atoms with van der Waals surface area (Å²) in [6, 6.07) is 15.6. The van der Waals surface area contributed by atoms with Gasteiger partial charge in [0.2, 0.25) is 5.91 Å². The Balaban J connectivity index is 2.00. The summed E-state index contributed by atoms with van der Waals surface area (Å²) in [5.74, 6) is 0.814. The van der Waals surface area contributed by atoms with Crippen LogP contribution >= 0.6 is 0 Å². The minimum Gasteiger partial charge on any atom is -0.490 e. The van der Waals surface area contributed by atoms with Crippen molar-refractivity contribution in [2.75, 3.05) is 11.9 Å². The largest absolute Gasteiger partial charge is 0.490 e. The monoisotopic (exact) mass is 337 g/mol. The zero-order chi connectivity index (χ0) is 18.1. The molecule has 1 aromatic heterocycles. The van der Waals surface area contributed by atoms with Crippen LogP contribution in [0.25, 0.3) is 0 Å². The summed E-state index contributed by atoms with van der Waals surface area (Å²) in [5, 5.41) is 11.4. The molecule has 0 fully saturated rings. The van der Waals surface area contributed by atoms with E-state index in [4.69, 9.17) is 10.00 Å². The Bertz CT molecular complexity index is 736. The maximum absolute atomic E-state index is 12.5. The van der Waals surface area contributed by atoms with Gasteiger partial charge < -0.3 is 10.1 Å². The lowest BCUT2D eigenvalue weighted by atomic mass is 9.81. The molecule has 25 heavy (non-hydrogen) atoms. The summed E-state index contributed by atoms with van der Waals surface area (Å²) in [6.07, 6.45) is 3.02. The topological polar surface area (TPSA) is 75.0 Å². The molecule has 2 rings (SSSR count).